The van der Waals surface area contributed by atoms with Crippen LogP contribution >= 0.6 is 27.5 Å². The van der Waals surface area contributed by atoms with Crippen molar-refractivity contribution in [1.29, 1.82) is 0 Å². The molecular weight excluding hydrogens is 557 g/mol. The zero-order valence-corrected chi connectivity index (χ0v) is 20.6. The third-order valence-electron chi connectivity index (χ3n) is 6.29. The number of halogens is 5. The van der Waals surface area contributed by atoms with Crippen molar-refractivity contribution in [2.45, 2.75) is 44.2 Å². The molecule has 35 heavy (non-hydrogen) atoms. The molecule has 4 heterocycles. The summed E-state index contributed by atoms with van der Waals surface area (Å²) in [6.45, 7) is 2.84. The Hall–Kier alpha value is -2.48. The maximum atomic E-state index is 13.5. The molecular formula is C21H19BrClF3N6O3. The lowest BCUT2D eigenvalue weighted by Gasteiger charge is -2.33. The molecule has 9 nitrogen and oxygen atoms in total. The molecule has 14 heteroatoms. The molecule has 0 unspecified atom stereocenters. The molecule has 1 atom stereocenters. The zero-order chi connectivity index (χ0) is 25.1. The number of amides is 1. The fourth-order valence-electron chi connectivity index (χ4n) is 4.83. The molecule has 2 aliphatic heterocycles. The van der Waals surface area contributed by atoms with E-state index < -0.39 is 29.4 Å². The van der Waals surface area contributed by atoms with Gasteiger partial charge in [0.25, 0.3) is 5.56 Å². The topological polar surface area (TPSA) is 103 Å². The van der Waals surface area contributed by atoms with Crippen molar-refractivity contribution in [2.75, 3.05) is 18.4 Å². The Labute approximate surface area is 209 Å². The molecule has 1 aromatic carbocycles. The van der Waals surface area contributed by atoms with E-state index in [0.29, 0.717) is 37.2 Å². The number of piperidine rings is 1. The van der Waals surface area contributed by atoms with E-state index in [0.717, 1.165) is 22.7 Å². The van der Waals surface area contributed by atoms with Gasteiger partial charge in [-0.05, 0) is 67.0 Å². The van der Waals surface area contributed by atoms with Crippen molar-refractivity contribution < 1.29 is 22.7 Å². The van der Waals surface area contributed by atoms with Gasteiger partial charge in [-0.1, -0.05) is 11.6 Å². The summed E-state index contributed by atoms with van der Waals surface area (Å²) in [4.78, 5) is 30.7. The van der Waals surface area contributed by atoms with Gasteiger partial charge in [0.05, 0.1) is 33.6 Å². The van der Waals surface area contributed by atoms with Gasteiger partial charge in [0.2, 0.25) is 16.4 Å². The van der Waals surface area contributed by atoms with Crippen molar-refractivity contribution in [1.82, 2.24) is 24.5 Å². The van der Waals surface area contributed by atoms with E-state index >= 15 is 0 Å². The minimum atomic E-state index is -4.56. The first-order valence-corrected chi connectivity index (χ1v) is 11.9. The molecule has 0 radical (unpaired) electrons. The summed E-state index contributed by atoms with van der Waals surface area (Å²) in [6.07, 6.45) is -3.91. The molecule has 1 spiro atoms. The zero-order valence-electron chi connectivity index (χ0n) is 18.2. The summed E-state index contributed by atoms with van der Waals surface area (Å²) >= 11 is 9.19. The molecule has 0 saturated carbocycles. The van der Waals surface area contributed by atoms with E-state index in [9.17, 15) is 22.8 Å². The fourth-order valence-corrected chi connectivity index (χ4v) is 5.38. The molecule has 186 valence electrons. The van der Waals surface area contributed by atoms with Crippen LogP contribution in [0, 0.1) is 0 Å². The van der Waals surface area contributed by atoms with Crippen LogP contribution in [0.15, 0.2) is 27.7 Å². The van der Waals surface area contributed by atoms with E-state index in [1.54, 1.807) is 11.5 Å². The van der Waals surface area contributed by atoms with Crippen molar-refractivity contribution in [3.63, 3.8) is 0 Å². The van der Waals surface area contributed by atoms with Gasteiger partial charge in [0.15, 0.2) is 0 Å². The third-order valence-corrected chi connectivity index (χ3v) is 6.93. The van der Waals surface area contributed by atoms with Crippen LogP contribution in [0.3, 0.4) is 0 Å². The Bertz CT molecular complexity index is 1400. The second kappa shape index (κ2) is 8.57. The number of ether oxygens (including phenoxy) is 1. The Balaban J connectivity index is 1.55. The molecule has 2 aromatic heterocycles. The van der Waals surface area contributed by atoms with E-state index in [1.807, 2.05) is 0 Å². The minimum absolute atomic E-state index is 0.0279. The molecule has 2 aliphatic rings. The smallest absolute Gasteiger partial charge is 0.361 e. The summed E-state index contributed by atoms with van der Waals surface area (Å²) in [5, 5.41) is 9.70. The number of hydrogen-bond acceptors (Lipinski definition) is 6. The lowest BCUT2D eigenvalue weighted by molar-refractivity contribution is -0.137. The molecule has 1 saturated heterocycles. The standard InChI is InChI=1S/C21H19BrClF3N6O3/c1-10-16-15(20(35-10)4-6-27-7-5-20)17(34)32-19(29-18(22)30-32)31(16)9-14(33)28-13-3-2-11(8-12(13)23)21(24,25)26/h2-3,8,10,27H,4-7,9H2,1H3,(H,28,33)/t10-/m1/s1. The number of nitrogens with one attached hydrogen (secondary N) is 2. The largest absolute Gasteiger partial charge is 0.416 e. The van der Waals surface area contributed by atoms with Gasteiger partial charge in [0, 0.05) is 0 Å². The second-order valence-corrected chi connectivity index (χ2v) is 9.61. The minimum Gasteiger partial charge on any atom is -0.361 e. The molecule has 1 fully saturated rings. The van der Waals surface area contributed by atoms with Gasteiger partial charge in [-0.3, -0.25) is 9.59 Å². The van der Waals surface area contributed by atoms with Crippen molar-refractivity contribution >= 4 is 44.9 Å². The van der Waals surface area contributed by atoms with Crippen molar-refractivity contribution in [3.8, 4) is 0 Å². The maximum absolute atomic E-state index is 13.5. The highest BCUT2D eigenvalue weighted by atomic mass is 79.9. The monoisotopic (exact) mass is 574 g/mol. The van der Waals surface area contributed by atoms with Gasteiger partial charge < -0.3 is 19.9 Å². The van der Waals surface area contributed by atoms with Gasteiger partial charge in [-0.25, -0.2) is 0 Å². The predicted octanol–water partition coefficient (Wildman–Crippen LogP) is 3.63. The Morgan fingerprint density at radius 2 is 2.09 bits per heavy atom. The predicted molar refractivity (Wildman–Crippen MR) is 123 cm³/mol. The molecule has 0 bridgehead atoms. The van der Waals surface area contributed by atoms with Crippen LogP contribution in [0.2, 0.25) is 5.02 Å². The summed E-state index contributed by atoms with van der Waals surface area (Å²) in [6, 6.07) is 2.68. The average Bonchev–Trinajstić information content (AvgIpc) is 3.30. The van der Waals surface area contributed by atoms with Crippen LogP contribution in [-0.2, 0) is 27.9 Å². The fraction of sp³-hybridized carbons (Fsp3) is 0.429. The van der Waals surface area contributed by atoms with Gasteiger partial charge >= 0.3 is 6.18 Å². The van der Waals surface area contributed by atoms with E-state index in [1.165, 1.54) is 0 Å². The number of carbonyl (C=O) groups excluding carboxylic acids is 1. The van der Waals surface area contributed by atoms with Crippen LogP contribution < -0.4 is 16.2 Å². The molecule has 3 aromatic rings. The lowest BCUT2D eigenvalue weighted by Crippen LogP contribution is -2.43. The normalized spacial score (nSPS) is 19.3. The Kier molecular flexibility index (Phi) is 5.93. The third kappa shape index (κ3) is 4.13. The molecule has 0 aliphatic carbocycles. The highest BCUT2D eigenvalue weighted by molar-refractivity contribution is 9.10. The highest BCUT2D eigenvalue weighted by Crippen LogP contribution is 2.47. The number of anilines is 1. The maximum Gasteiger partial charge on any atom is 0.416 e. The number of rotatable bonds is 3. The van der Waals surface area contributed by atoms with E-state index in [-0.39, 0.29) is 33.3 Å². The number of benzene rings is 1. The molecule has 5 rings (SSSR count). The molecule has 2 N–H and O–H groups in total. The van der Waals surface area contributed by atoms with Gasteiger partial charge in [-0.15, -0.1) is 5.10 Å². The number of hydrogen-bond donors (Lipinski definition) is 2. The lowest BCUT2D eigenvalue weighted by atomic mass is 9.86. The van der Waals surface area contributed by atoms with Crippen LogP contribution in [0.1, 0.15) is 42.7 Å². The van der Waals surface area contributed by atoms with E-state index in [2.05, 4.69) is 36.6 Å². The van der Waals surface area contributed by atoms with Crippen molar-refractivity contribution in [3.05, 3.63) is 55.1 Å². The first-order valence-electron chi connectivity index (χ1n) is 10.7. The number of fused-ring (bicyclic) bond motifs is 3. The van der Waals surface area contributed by atoms with Gasteiger partial charge in [-0.2, -0.15) is 22.7 Å². The number of carbonyl (C=O) groups is 1. The summed E-state index contributed by atoms with van der Waals surface area (Å²) < 4.78 is 48.0. The van der Waals surface area contributed by atoms with Crippen LogP contribution in [0.5, 0.6) is 0 Å². The number of nitrogens with zero attached hydrogens (tertiary/aromatic N) is 4. The quantitative estimate of drug-likeness (QED) is 0.495. The summed E-state index contributed by atoms with van der Waals surface area (Å²) in [5.41, 5.74) is -1.10. The first-order chi connectivity index (χ1) is 16.5. The second-order valence-electron chi connectivity index (χ2n) is 8.49. The first kappa shape index (κ1) is 24.2. The van der Waals surface area contributed by atoms with Crippen LogP contribution in [0.25, 0.3) is 5.78 Å². The van der Waals surface area contributed by atoms with Crippen LogP contribution in [-0.4, -0.2) is 38.2 Å². The van der Waals surface area contributed by atoms with Crippen molar-refractivity contribution in [2.24, 2.45) is 0 Å². The summed E-state index contributed by atoms with van der Waals surface area (Å²) in [5.74, 6) is -0.437. The average molecular weight is 576 g/mol. The number of alkyl halides is 3. The number of aromatic nitrogens is 4. The summed E-state index contributed by atoms with van der Waals surface area (Å²) in [7, 11) is 0. The Morgan fingerprint density at radius 1 is 1.37 bits per heavy atom. The highest BCUT2D eigenvalue weighted by Gasteiger charge is 2.49. The Morgan fingerprint density at radius 3 is 2.74 bits per heavy atom. The molecule has 1 amide bonds. The van der Waals surface area contributed by atoms with Gasteiger partial charge in [0.1, 0.15) is 12.1 Å². The SMILES string of the molecule is C[C@H]1OC2(CCNCC2)c2c1n(CC(=O)Nc1ccc(C(F)(F)F)cc1Cl)c1nc(Br)nn1c2=O. The van der Waals surface area contributed by atoms with Crippen LogP contribution in [0.4, 0.5) is 18.9 Å². The van der Waals surface area contributed by atoms with E-state index in [4.69, 9.17) is 16.3 Å².